The molecule has 1 aliphatic carbocycles. The Morgan fingerprint density at radius 1 is 1.22 bits per heavy atom. The molecule has 2 nitrogen and oxygen atoms in total. The average molecular weight is 246 g/mol. The molecular weight excluding hydrogens is 220 g/mol. The molecule has 0 radical (unpaired) electrons. The molecule has 0 aromatic heterocycles. The van der Waals surface area contributed by atoms with Crippen LogP contribution in [0.4, 0.5) is 0 Å². The highest BCUT2D eigenvalue weighted by molar-refractivity contribution is 5.15. The Morgan fingerprint density at radius 2 is 1.94 bits per heavy atom. The van der Waals surface area contributed by atoms with Crippen LogP contribution in [0.3, 0.4) is 0 Å². The lowest BCUT2D eigenvalue weighted by Crippen LogP contribution is -2.43. The van der Waals surface area contributed by atoms with Gasteiger partial charge in [-0.15, -0.1) is 0 Å². The smallest absolute Gasteiger partial charge is 0.0239 e. The van der Waals surface area contributed by atoms with Gasteiger partial charge in [-0.25, -0.2) is 0 Å². The molecule has 2 N–H and O–H groups in total. The van der Waals surface area contributed by atoms with Crippen molar-refractivity contribution in [2.45, 2.75) is 51.7 Å². The quantitative estimate of drug-likeness (QED) is 0.865. The van der Waals surface area contributed by atoms with Crippen LogP contribution in [0.5, 0.6) is 0 Å². The molecule has 1 aromatic rings. The normalized spacial score (nSPS) is 24.1. The van der Waals surface area contributed by atoms with Gasteiger partial charge in [-0.1, -0.05) is 36.8 Å². The zero-order valence-corrected chi connectivity index (χ0v) is 11.7. The third-order valence-corrected chi connectivity index (χ3v) is 4.22. The SMILES string of the molecule is CC(C)N(Cc1ccccc1)C1CCCC1CN. The molecule has 0 saturated heterocycles. The minimum absolute atomic E-state index is 0.586. The van der Waals surface area contributed by atoms with Gasteiger partial charge in [0.1, 0.15) is 0 Å². The van der Waals surface area contributed by atoms with Crippen LogP contribution < -0.4 is 5.73 Å². The predicted octanol–water partition coefficient (Wildman–Crippen LogP) is 3.02. The lowest BCUT2D eigenvalue weighted by atomic mass is 10.00. The van der Waals surface area contributed by atoms with Crippen molar-refractivity contribution in [3.8, 4) is 0 Å². The lowest BCUT2D eigenvalue weighted by molar-refractivity contribution is 0.116. The lowest BCUT2D eigenvalue weighted by Gasteiger charge is -2.36. The standard InChI is InChI=1S/C16H26N2/c1-13(2)18(12-14-7-4-3-5-8-14)16-10-6-9-15(16)11-17/h3-5,7-8,13,15-16H,6,9-12,17H2,1-2H3. The van der Waals surface area contributed by atoms with E-state index < -0.39 is 0 Å². The van der Waals surface area contributed by atoms with Crippen molar-refractivity contribution in [2.24, 2.45) is 11.7 Å². The molecule has 1 fully saturated rings. The summed E-state index contributed by atoms with van der Waals surface area (Å²) in [5.41, 5.74) is 7.34. The topological polar surface area (TPSA) is 29.3 Å². The van der Waals surface area contributed by atoms with Crippen molar-refractivity contribution in [1.29, 1.82) is 0 Å². The van der Waals surface area contributed by atoms with E-state index in [0.29, 0.717) is 18.0 Å². The van der Waals surface area contributed by atoms with Crippen LogP contribution in [-0.4, -0.2) is 23.5 Å². The molecule has 1 saturated carbocycles. The van der Waals surface area contributed by atoms with E-state index in [0.717, 1.165) is 13.1 Å². The zero-order valence-electron chi connectivity index (χ0n) is 11.7. The van der Waals surface area contributed by atoms with Crippen LogP contribution in [0.2, 0.25) is 0 Å². The number of rotatable bonds is 5. The maximum Gasteiger partial charge on any atom is 0.0239 e. The van der Waals surface area contributed by atoms with Crippen molar-refractivity contribution < 1.29 is 0 Å². The van der Waals surface area contributed by atoms with E-state index in [1.165, 1.54) is 24.8 Å². The molecule has 1 aromatic carbocycles. The van der Waals surface area contributed by atoms with Gasteiger partial charge in [0.25, 0.3) is 0 Å². The Bertz CT molecular complexity index is 347. The number of benzene rings is 1. The first kappa shape index (κ1) is 13.6. The Morgan fingerprint density at radius 3 is 2.56 bits per heavy atom. The molecule has 0 heterocycles. The van der Waals surface area contributed by atoms with Crippen LogP contribution in [0.25, 0.3) is 0 Å². The Kier molecular flexibility index (Phi) is 4.79. The van der Waals surface area contributed by atoms with Gasteiger partial charge in [-0.05, 0) is 44.7 Å². The number of hydrogen-bond donors (Lipinski definition) is 1. The molecule has 0 amide bonds. The highest BCUT2D eigenvalue weighted by Crippen LogP contribution is 2.31. The summed E-state index contributed by atoms with van der Waals surface area (Å²) in [4.78, 5) is 2.64. The summed E-state index contributed by atoms with van der Waals surface area (Å²) in [6, 6.07) is 12.1. The van der Waals surface area contributed by atoms with Crippen molar-refractivity contribution in [2.75, 3.05) is 6.54 Å². The van der Waals surface area contributed by atoms with Gasteiger partial charge < -0.3 is 5.73 Å². The fourth-order valence-electron chi connectivity index (χ4n) is 3.21. The van der Waals surface area contributed by atoms with Gasteiger partial charge in [-0.2, -0.15) is 0 Å². The van der Waals surface area contributed by atoms with Crippen molar-refractivity contribution in [1.82, 2.24) is 4.90 Å². The van der Waals surface area contributed by atoms with Gasteiger partial charge in [0.2, 0.25) is 0 Å². The molecule has 2 heteroatoms. The second-order valence-corrected chi connectivity index (χ2v) is 5.75. The van der Waals surface area contributed by atoms with Crippen LogP contribution in [-0.2, 0) is 6.54 Å². The minimum atomic E-state index is 0.586. The van der Waals surface area contributed by atoms with Gasteiger partial charge in [0.15, 0.2) is 0 Å². The van der Waals surface area contributed by atoms with Crippen molar-refractivity contribution in [3.05, 3.63) is 35.9 Å². The van der Waals surface area contributed by atoms with Gasteiger partial charge in [-0.3, -0.25) is 4.90 Å². The van der Waals surface area contributed by atoms with E-state index >= 15 is 0 Å². The summed E-state index contributed by atoms with van der Waals surface area (Å²) < 4.78 is 0. The molecule has 0 aliphatic heterocycles. The molecule has 0 spiro atoms. The molecular formula is C16H26N2. The van der Waals surface area contributed by atoms with Crippen LogP contribution >= 0.6 is 0 Å². The Hall–Kier alpha value is -0.860. The fraction of sp³-hybridized carbons (Fsp3) is 0.625. The summed E-state index contributed by atoms with van der Waals surface area (Å²) in [6.07, 6.45) is 3.95. The van der Waals surface area contributed by atoms with E-state index in [4.69, 9.17) is 5.73 Å². The van der Waals surface area contributed by atoms with Crippen LogP contribution in [0, 0.1) is 5.92 Å². The molecule has 2 atom stereocenters. The maximum absolute atomic E-state index is 5.93. The van der Waals surface area contributed by atoms with Gasteiger partial charge in [0, 0.05) is 18.6 Å². The van der Waals surface area contributed by atoms with Crippen molar-refractivity contribution >= 4 is 0 Å². The molecule has 2 unspecified atom stereocenters. The Balaban J connectivity index is 2.08. The van der Waals surface area contributed by atoms with Crippen molar-refractivity contribution in [3.63, 3.8) is 0 Å². The summed E-state index contributed by atoms with van der Waals surface area (Å²) in [6.45, 7) is 6.49. The zero-order chi connectivity index (χ0) is 13.0. The second-order valence-electron chi connectivity index (χ2n) is 5.75. The average Bonchev–Trinajstić information content (AvgIpc) is 2.84. The van der Waals surface area contributed by atoms with Gasteiger partial charge >= 0.3 is 0 Å². The number of hydrogen-bond acceptors (Lipinski definition) is 2. The highest BCUT2D eigenvalue weighted by atomic mass is 15.2. The second kappa shape index (κ2) is 6.35. The highest BCUT2D eigenvalue weighted by Gasteiger charge is 2.32. The summed E-state index contributed by atoms with van der Waals surface area (Å²) in [5, 5.41) is 0. The van der Waals surface area contributed by atoms with E-state index in [9.17, 15) is 0 Å². The summed E-state index contributed by atoms with van der Waals surface area (Å²) in [7, 11) is 0. The van der Waals surface area contributed by atoms with E-state index in [-0.39, 0.29) is 0 Å². The third kappa shape index (κ3) is 3.12. The van der Waals surface area contributed by atoms with E-state index in [1.807, 2.05) is 0 Å². The first-order valence-corrected chi connectivity index (χ1v) is 7.22. The van der Waals surface area contributed by atoms with Crippen LogP contribution in [0.15, 0.2) is 30.3 Å². The van der Waals surface area contributed by atoms with E-state index in [2.05, 4.69) is 49.1 Å². The number of nitrogens with two attached hydrogens (primary N) is 1. The molecule has 2 rings (SSSR count). The fourth-order valence-corrected chi connectivity index (χ4v) is 3.21. The third-order valence-electron chi connectivity index (χ3n) is 4.22. The minimum Gasteiger partial charge on any atom is -0.330 e. The Labute approximate surface area is 111 Å². The van der Waals surface area contributed by atoms with Crippen LogP contribution in [0.1, 0.15) is 38.7 Å². The summed E-state index contributed by atoms with van der Waals surface area (Å²) >= 11 is 0. The predicted molar refractivity (Wildman–Crippen MR) is 77.3 cm³/mol. The first-order valence-electron chi connectivity index (χ1n) is 7.22. The molecule has 0 bridgehead atoms. The monoisotopic (exact) mass is 246 g/mol. The number of nitrogens with zero attached hydrogens (tertiary/aromatic N) is 1. The summed E-state index contributed by atoms with van der Waals surface area (Å²) in [5.74, 6) is 0.691. The van der Waals surface area contributed by atoms with Gasteiger partial charge in [0.05, 0.1) is 0 Å². The molecule has 1 aliphatic rings. The largest absolute Gasteiger partial charge is 0.330 e. The maximum atomic E-state index is 5.93. The first-order chi connectivity index (χ1) is 8.72. The van der Waals surface area contributed by atoms with E-state index in [1.54, 1.807) is 0 Å². The molecule has 18 heavy (non-hydrogen) atoms. The molecule has 100 valence electrons.